The van der Waals surface area contributed by atoms with Crippen LogP contribution in [0, 0.1) is 13.8 Å². The topological polar surface area (TPSA) is 90.0 Å². The van der Waals surface area contributed by atoms with Crippen LogP contribution >= 0.6 is 11.6 Å². The van der Waals surface area contributed by atoms with Crippen LogP contribution in [0.25, 0.3) is 0 Å². The minimum atomic E-state index is -4.06. The van der Waals surface area contributed by atoms with E-state index in [1.807, 2.05) is 0 Å². The first-order chi connectivity index (χ1) is 16.2. The van der Waals surface area contributed by atoms with Crippen molar-refractivity contribution in [1.29, 1.82) is 0 Å². The molecule has 0 aromatic heterocycles. The molecule has 10 heteroatoms. The highest BCUT2D eigenvalue weighted by Gasteiger charge is 2.39. The average molecular weight is 509 g/mol. The molecule has 34 heavy (non-hydrogen) atoms. The maximum atomic E-state index is 13.5. The molecule has 3 aliphatic rings. The van der Waals surface area contributed by atoms with Gasteiger partial charge in [-0.3, -0.25) is 13.9 Å². The third-order valence-electron chi connectivity index (χ3n) is 7.16. The fraction of sp³-hybridized carbons (Fsp3) is 0.583. The Balaban J connectivity index is 1.47. The highest BCUT2D eigenvalue weighted by Crippen LogP contribution is 2.29. The predicted octanol–water partition coefficient (Wildman–Crippen LogP) is 2.78. The van der Waals surface area contributed by atoms with Crippen molar-refractivity contribution in [3.63, 3.8) is 0 Å². The van der Waals surface area contributed by atoms with Crippen molar-refractivity contribution in [3.8, 4) is 0 Å². The molecule has 1 atom stereocenters. The number of hydrogen-bond acceptors (Lipinski definition) is 5. The molecule has 0 saturated carbocycles. The number of halogens is 1. The molecule has 8 nitrogen and oxygen atoms in total. The Bertz CT molecular complexity index is 1080. The number of likely N-dealkylation sites (tertiary alicyclic amines) is 2. The van der Waals surface area contributed by atoms with Crippen LogP contribution in [-0.2, 0) is 19.6 Å². The summed E-state index contributed by atoms with van der Waals surface area (Å²) in [6, 6.07) is 2.47. The van der Waals surface area contributed by atoms with E-state index < -0.39 is 22.0 Å². The number of nitrogens with zero attached hydrogens (tertiary/aromatic N) is 3. The molecule has 3 heterocycles. The summed E-state index contributed by atoms with van der Waals surface area (Å²) in [5.41, 5.74) is 1.11. The van der Waals surface area contributed by atoms with Gasteiger partial charge in [0.2, 0.25) is 11.8 Å². The van der Waals surface area contributed by atoms with Crippen LogP contribution in [0.2, 0.25) is 5.02 Å². The summed E-state index contributed by atoms with van der Waals surface area (Å²) in [6.45, 7) is 6.92. The van der Waals surface area contributed by atoms with Gasteiger partial charge in [0.05, 0.1) is 11.3 Å². The van der Waals surface area contributed by atoms with Crippen LogP contribution in [0.1, 0.15) is 49.7 Å². The van der Waals surface area contributed by atoms with E-state index in [0.717, 1.165) is 30.2 Å². The first-order valence-electron chi connectivity index (χ1n) is 12.0. The summed E-state index contributed by atoms with van der Waals surface area (Å²) in [4.78, 5) is 30.2. The second kappa shape index (κ2) is 10.3. The monoisotopic (exact) mass is 508 g/mol. The molecular weight excluding hydrogens is 476 g/mol. The Labute approximate surface area is 207 Å². The van der Waals surface area contributed by atoms with Gasteiger partial charge in [-0.1, -0.05) is 18.0 Å². The normalized spacial score (nSPS) is 22.7. The predicted molar refractivity (Wildman–Crippen MR) is 131 cm³/mol. The van der Waals surface area contributed by atoms with E-state index in [0.29, 0.717) is 35.3 Å². The second-order valence-electron chi connectivity index (χ2n) is 9.45. The molecule has 2 fully saturated rings. The van der Waals surface area contributed by atoms with E-state index in [4.69, 9.17) is 11.6 Å². The van der Waals surface area contributed by atoms with Gasteiger partial charge in [0.15, 0.2) is 0 Å². The Morgan fingerprint density at radius 2 is 1.74 bits per heavy atom. The number of carbonyl (C=O) groups is 2. The summed E-state index contributed by atoms with van der Waals surface area (Å²) >= 11 is 6.15. The van der Waals surface area contributed by atoms with Gasteiger partial charge in [0.1, 0.15) is 6.04 Å². The minimum Gasteiger partial charge on any atom is -0.343 e. The summed E-state index contributed by atoms with van der Waals surface area (Å²) in [6.07, 6.45) is 8.00. The van der Waals surface area contributed by atoms with Crippen molar-refractivity contribution in [2.45, 2.75) is 69.4 Å². The summed E-state index contributed by atoms with van der Waals surface area (Å²) in [5.74, 6) is -0.706. The van der Waals surface area contributed by atoms with Crippen LogP contribution < -0.4 is 5.32 Å². The number of amides is 2. The summed E-state index contributed by atoms with van der Waals surface area (Å²) in [7, 11) is -4.06. The Kier molecular flexibility index (Phi) is 7.54. The molecule has 0 aliphatic carbocycles. The molecule has 186 valence electrons. The van der Waals surface area contributed by atoms with E-state index >= 15 is 0 Å². The van der Waals surface area contributed by atoms with E-state index in [2.05, 4.69) is 10.2 Å². The summed E-state index contributed by atoms with van der Waals surface area (Å²) < 4.78 is 28.1. The number of piperidine rings is 2. The van der Waals surface area contributed by atoms with Gasteiger partial charge in [0.25, 0.3) is 10.0 Å². The first-order valence-corrected chi connectivity index (χ1v) is 13.8. The fourth-order valence-electron chi connectivity index (χ4n) is 5.14. The molecule has 0 bridgehead atoms. The molecule has 4 rings (SSSR count). The van der Waals surface area contributed by atoms with E-state index in [1.165, 1.54) is 37.7 Å². The van der Waals surface area contributed by atoms with E-state index in [9.17, 15) is 18.0 Å². The summed E-state index contributed by atoms with van der Waals surface area (Å²) in [5, 5.41) is 3.03. The van der Waals surface area contributed by atoms with Crippen molar-refractivity contribution < 1.29 is 18.0 Å². The third-order valence-corrected chi connectivity index (χ3v) is 9.49. The van der Waals surface area contributed by atoms with Gasteiger partial charge in [-0.2, -0.15) is 0 Å². The van der Waals surface area contributed by atoms with Crippen molar-refractivity contribution in [2.75, 3.05) is 26.2 Å². The molecule has 1 aromatic rings. The van der Waals surface area contributed by atoms with Gasteiger partial charge >= 0.3 is 0 Å². The number of benzene rings is 1. The molecule has 1 N–H and O–H groups in total. The lowest BCUT2D eigenvalue weighted by Crippen LogP contribution is -2.53. The number of carbonyl (C=O) groups excluding carboxylic acids is 2. The van der Waals surface area contributed by atoms with Gasteiger partial charge in [0, 0.05) is 36.6 Å². The van der Waals surface area contributed by atoms with Crippen molar-refractivity contribution in [3.05, 3.63) is 40.7 Å². The van der Waals surface area contributed by atoms with Crippen LogP contribution in [0.4, 0.5) is 0 Å². The number of hydrogen-bond donors (Lipinski definition) is 1. The zero-order chi connectivity index (χ0) is 24.5. The van der Waals surface area contributed by atoms with Gasteiger partial charge in [-0.15, -0.1) is 0 Å². The lowest BCUT2D eigenvalue weighted by Gasteiger charge is -2.40. The van der Waals surface area contributed by atoms with Crippen LogP contribution in [0.15, 0.2) is 29.4 Å². The maximum absolute atomic E-state index is 13.5. The van der Waals surface area contributed by atoms with Crippen LogP contribution in [0.5, 0.6) is 0 Å². The van der Waals surface area contributed by atoms with Crippen LogP contribution in [0.3, 0.4) is 0 Å². The smallest absolute Gasteiger partial charge is 0.264 e. The molecular formula is C24H33ClN4O4S. The van der Waals surface area contributed by atoms with Gasteiger partial charge in [-0.25, -0.2) is 8.42 Å². The second-order valence-corrected chi connectivity index (χ2v) is 11.7. The largest absolute Gasteiger partial charge is 0.343 e. The molecule has 0 spiro atoms. The molecule has 0 unspecified atom stereocenters. The Hall–Kier alpha value is -2.10. The number of rotatable bonds is 5. The van der Waals surface area contributed by atoms with E-state index in [1.54, 1.807) is 24.8 Å². The first kappa shape index (κ1) is 25.0. The average Bonchev–Trinajstić information content (AvgIpc) is 2.83. The van der Waals surface area contributed by atoms with Crippen molar-refractivity contribution in [2.24, 2.45) is 0 Å². The SMILES string of the molecule is Cc1cc(S(=O)(=O)N2C=CNC(=O)[C@H]2CC(=O)N2CCC(N3CCCCC3)CC2)c(C)cc1Cl. The number of sulfonamides is 1. The Morgan fingerprint density at radius 3 is 2.41 bits per heavy atom. The van der Waals surface area contributed by atoms with Crippen molar-refractivity contribution >= 4 is 33.4 Å². The maximum Gasteiger partial charge on any atom is 0.264 e. The fourth-order valence-corrected chi connectivity index (χ4v) is 7.11. The molecule has 2 amide bonds. The highest BCUT2D eigenvalue weighted by molar-refractivity contribution is 7.89. The zero-order valence-corrected chi connectivity index (χ0v) is 21.4. The molecule has 2 saturated heterocycles. The zero-order valence-electron chi connectivity index (χ0n) is 19.8. The minimum absolute atomic E-state index is 0.0774. The molecule has 1 aromatic carbocycles. The lowest BCUT2D eigenvalue weighted by atomic mass is 9.99. The van der Waals surface area contributed by atoms with E-state index in [-0.39, 0.29) is 17.2 Å². The lowest BCUT2D eigenvalue weighted by molar-refractivity contribution is -0.137. The van der Waals surface area contributed by atoms with Crippen LogP contribution in [-0.4, -0.2) is 72.6 Å². The molecule has 0 radical (unpaired) electrons. The third kappa shape index (κ3) is 5.11. The standard InChI is InChI=1S/C24H33ClN4O4S/c1-17-15-22(18(2)14-20(17)25)34(32,33)29-13-8-26-24(31)21(29)16-23(30)28-11-6-19(7-12-28)27-9-4-3-5-10-27/h8,13-15,19,21H,3-7,9-12,16H2,1-2H3,(H,26,31)/t21-/m1/s1. The Morgan fingerprint density at radius 1 is 1.06 bits per heavy atom. The quantitative estimate of drug-likeness (QED) is 0.660. The van der Waals surface area contributed by atoms with Crippen molar-refractivity contribution in [1.82, 2.24) is 19.4 Å². The van der Waals surface area contributed by atoms with Gasteiger partial charge < -0.3 is 15.1 Å². The molecule has 3 aliphatic heterocycles. The number of aryl methyl sites for hydroxylation is 2. The van der Waals surface area contributed by atoms with Gasteiger partial charge in [-0.05, 0) is 75.9 Å². The highest BCUT2D eigenvalue weighted by atomic mass is 35.5. The number of nitrogens with one attached hydrogen (secondary N) is 1.